The summed E-state index contributed by atoms with van der Waals surface area (Å²) in [6, 6.07) is 11.4. The van der Waals surface area contributed by atoms with E-state index in [1.165, 1.54) is 22.4 Å². The molecule has 0 amide bonds. The Labute approximate surface area is 142 Å². The zero-order chi connectivity index (χ0) is 17.3. The van der Waals surface area contributed by atoms with Crippen LogP contribution in [0.3, 0.4) is 0 Å². The molecule has 0 spiro atoms. The number of benzene rings is 2. The van der Waals surface area contributed by atoms with Crippen LogP contribution >= 0.6 is 0 Å². The number of aryl methyl sites for hydroxylation is 3. The fourth-order valence-corrected chi connectivity index (χ4v) is 3.69. The van der Waals surface area contributed by atoms with E-state index in [1.54, 1.807) is 12.1 Å². The van der Waals surface area contributed by atoms with Crippen molar-refractivity contribution in [3.8, 4) is 0 Å². The molecule has 0 atom stereocenters. The van der Waals surface area contributed by atoms with Gasteiger partial charge in [0.05, 0.1) is 11.6 Å². The number of nitrogens with zero attached hydrogens (tertiary/aromatic N) is 3. The Hall–Kier alpha value is -2.40. The van der Waals surface area contributed by atoms with Gasteiger partial charge in [0.1, 0.15) is 0 Å². The molecule has 0 saturated carbocycles. The highest BCUT2D eigenvalue weighted by Crippen LogP contribution is 2.29. The SMILES string of the molecule is Cc1cc(C)c(N2CCN(Cc3ccccc3[N+](=O)[O-])C2)c(C)c1. The molecule has 24 heavy (non-hydrogen) atoms. The number of rotatable bonds is 4. The van der Waals surface area contributed by atoms with Crippen LogP contribution in [0.25, 0.3) is 0 Å². The van der Waals surface area contributed by atoms with Crippen LogP contribution in [-0.4, -0.2) is 29.6 Å². The van der Waals surface area contributed by atoms with Gasteiger partial charge >= 0.3 is 0 Å². The second kappa shape index (κ2) is 6.61. The van der Waals surface area contributed by atoms with Crippen molar-refractivity contribution in [1.29, 1.82) is 0 Å². The summed E-state index contributed by atoms with van der Waals surface area (Å²) in [5.74, 6) is 0. The zero-order valence-electron chi connectivity index (χ0n) is 14.5. The Bertz CT molecular complexity index is 750. The highest BCUT2D eigenvalue weighted by atomic mass is 16.6. The normalized spacial score (nSPS) is 15.0. The summed E-state index contributed by atoms with van der Waals surface area (Å²) in [6.45, 7) is 9.70. The lowest BCUT2D eigenvalue weighted by atomic mass is 10.0. The minimum absolute atomic E-state index is 0.207. The molecule has 0 aliphatic carbocycles. The summed E-state index contributed by atoms with van der Waals surface area (Å²) in [5, 5.41) is 11.2. The number of para-hydroxylation sites is 1. The number of hydrogen-bond acceptors (Lipinski definition) is 4. The van der Waals surface area contributed by atoms with Gasteiger partial charge in [-0.1, -0.05) is 35.9 Å². The standard InChI is InChI=1S/C19H23N3O2/c1-14-10-15(2)19(16(3)11-14)21-9-8-20(13-21)12-17-6-4-5-7-18(17)22(23)24/h4-7,10-11H,8-9,12-13H2,1-3H3. The van der Waals surface area contributed by atoms with Gasteiger partial charge in [-0.05, 0) is 31.9 Å². The first kappa shape index (κ1) is 16.5. The third-order valence-electron chi connectivity index (χ3n) is 4.59. The maximum absolute atomic E-state index is 11.2. The molecular weight excluding hydrogens is 302 g/mol. The first-order chi connectivity index (χ1) is 11.5. The summed E-state index contributed by atoms with van der Waals surface area (Å²) in [6.07, 6.45) is 0. The molecule has 1 fully saturated rings. The Morgan fingerprint density at radius 1 is 1.08 bits per heavy atom. The molecule has 0 unspecified atom stereocenters. The molecule has 0 radical (unpaired) electrons. The van der Waals surface area contributed by atoms with Gasteiger partial charge in [0.2, 0.25) is 0 Å². The Balaban J connectivity index is 1.76. The first-order valence-corrected chi connectivity index (χ1v) is 8.23. The van der Waals surface area contributed by atoms with Crippen molar-refractivity contribution in [3.05, 3.63) is 68.8 Å². The fraction of sp³-hybridized carbons (Fsp3) is 0.368. The molecule has 3 rings (SSSR count). The number of nitro benzene ring substituents is 1. The third-order valence-corrected chi connectivity index (χ3v) is 4.59. The maximum Gasteiger partial charge on any atom is 0.273 e. The van der Waals surface area contributed by atoms with E-state index in [9.17, 15) is 10.1 Å². The molecule has 0 N–H and O–H groups in total. The van der Waals surface area contributed by atoms with E-state index < -0.39 is 0 Å². The average Bonchev–Trinajstić information content (AvgIpc) is 2.94. The van der Waals surface area contributed by atoms with E-state index in [4.69, 9.17) is 0 Å². The molecule has 1 aliphatic rings. The molecule has 5 heteroatoms. The van der Waals surface area contributed by atoms with Crippen molar-refractivity contribution in [2.75, 3.05) is 24.7 Å². The van der Waals surface area contributed by atoms with Crippen molar-refractivity contribution in [2.24, 2.45) is 0 Å². The van der Waals surface area contributed by atoms with Crippen LogP contribution in [0.4, 0.5) is 11.4 Å². The van der Waals surface area contributed by atoms with Crippen LogP contribution in [0, 0.1) is 30.9 Å². The van der Waals surface area contributed by atoms with Crippen molar-refractivity contribution in [3.63, 3.8) is 0 Å². The van der Waals surface area contributed by atoms with E-state index in [1.807, 2.05) is 12.1 Å². The van der Waals surface area contributed by atoms with E-state index in [0.29, 0.717) is 6.54 Å². The molecule has 1 saturated heterocycles. The van der Waals surface area contributed by atoms with Gasteiger partial charge in [0, 0.05) is 37.0 Å². The Morgan fingerprint density at radius 3 is 2.42 bits per heavy atom. The van der Waals surface area contributed by atoms with Crippen LogP contribution in [0.1, 0.15) is 22.3 Å². The summed E-state index contributed by atoms with van der Waals surface area (Å²) in [5.41, 5.74) is 6.15. The third kappa shape index (κ3) is 3.26. The van der Waals surface area contributed by atoms with Crippen molar-refractivity contribution < 1.29 is 4.92 Å². The van der Waals surface area contributed by atoms with Crippen LogP contribution in [0.15, 0.2) is 36.4 Å². The lowest BCUT2D eigenvalue weighted by Gasteiger charge is -2.24. The van der Waals surface area contributed by atoms with Gasteiger partial charge in [0.15, 0.2) is 0 Å². The summed E-state index contributed by atoms with van der Waals surface area (Å²) < 4.78 is 0. The molecule has 2 aromatic rings. The Kier molecular flexibility index (Phi) is 4.53. The molecule has 2 aromatic carbocycles. The largest absolute Gasteiger partial charge is 0.357 e. The smallest absolute Gasteiger partial charge is 0.273 e. The summed E-state index contributed by atoms with van der Waals surface area (Å²) in [7, 11) is 0. The van der Waals surface area contributed by atoms with Crippen LogP contribution in [-0.2, 0) is 6.54 Å². The topological polar surface area (TPSA) is 49.6 Å². The van der Waals surface area contributed by atoms with Crippen molar-refractivity contribution in [1.82, 2.24) is 4.90 Å². The van der Waals surface area contributed by atoms with Gasteiger partial charge in [-0.25, -0.2) is 0 Å². The van der Waals surface area contributed by atoms with Gasteiger partial charge in [-0.2, -0.15) is 0 Å². The summed E-state index contributed by atoms with van der Waals surface area (Å²) in [4.78, 5) is 15.5. The van der Waals surface area contributed by atoms with E-state index in [0.717, 1.165) is 25.3 Å². The molecule has 1 heterocycles. The monoisotopic (exact) mass is 325 g/mol. The van der Waals surface area contributed by atoms with Crippen molar-refractivity contribution >= 4 is 11.4 Å². The second-order valence-corrected chi connectivity index (χ2v) is 6.59. The first-order valence-electron chi connectivity index (χ1n) is 8.23. The number of hydrogen-bond donors (Lipinski definition) is 0. The number of nitro groups is 1. The van der Waals surface area contributed by atoms with E-state index in [-0.39, 0.29) is 10.6 Å². The quantitative estimate of drug-likeness (QED) is 0.634. The van der Waals surface area contributed by atoms with Gasteiger partial charge < -0.3 is 4.90 Å². The highest BCUT2D eigenvalue weighted by Gasteiger charge is 2.24. The fourth-order valence-electron chi connectivity index (χ4n) is 3.69. The predicted molar refractivity (Wildman–Crippen MR) is 96.4 cm³/mol. The van der Waals surface area contributed by atoms with Gasteiger partial charge in [-0.3, -0.25) is 15.0 Å². The second-order valence-electron chi connectivity index (χ2n) is 6.59. The molecular formula is C19H23N3O2. The van der Waals surface area contributed by atoms with Crippen LogP contribution in [0.5, 0.6) is 0 Å². The summed E-state index contributed by atoms with van der Waals surface area (Å²) >= 11 is 0. The van der Waals surface area contributed by atoms with Crippen LogP contribution < -0.4 is 4.90 Å². The highest BCUT2D eigenvalue weighted by molar-refractivity contribution is 5.60. The molecule has 5 nitrogen and oxygen atoms in total. The predicted octanol–water partition coefficient (Wildman–Crippen LogP) is 3.80. The minimum Gasteiger partial charge on any atom is -0.357 e. The lowest BCUT2D eigenvalue weighted by Crippen LogP contribution is -2.26. The molecule has 0 aromatic heterocycles. The van der Waals surface area contributed by atoms with Gasteiger partial charge in [-0.15, -0.1) is 0 Å². The minimum atomic E-state index is -0.294. The maximum atomic E-state index is 11.2. The zero-order valence-corrected chi connectivity index (χ0v) is 14.5. The van der Waals surface area contributed by atoms with Gasteiger partial charge in [0.25, 0.3) is 5.69 Å². The van der Waals surface area contributed by atoms with Crippen molar-refractivity contribution in [2.45, 2.75) is 27.3 Å². The molecule has 0 bridgehead atoms. The molecule has 1 aliphatic heterocycles. The van der Waals surface area contributed by atoms with E-state index in [2.05, 4.69) is 42.7 Å². The van der Waals surface area contributed by atoms with E-state index >= 15 is 0 Å². The Morgan fingerprint density at radius 2 is 1.75 bits per heavy atom. The molecule has 126 valence electrons. The lowest BCUT2D eigenvalue weighted by molar-refractivity contribution is -0.385. The van der Waals surface area contributed by atoms with Crippen LogP contribution in [0.2, 0.25) is 0 Å². The number of anilines is 1. The average molecular weight is 325 g/mol.